The molecule has 3 heteroatoms. The molecule has 0 saturated heterocycles. The van der Waals surface area contributed by atoms with Gasteiger partial charge in [0.15, 0.2) is 0 Å². The highest BCUT2D eigenvalue weighted by Crippen LogP contribution is 2.40. The molecule has 0 fully saturated rings. The normalized spacial score (nSPS) is 11.5. The molecular weight excluding hydrogens is 763 g/mol. The van der Waals surface area contributed by atoms with Crippen LogP contribution in [0.1, 0.15) is 0 Å². The molecule has 0 amide bonds. The molecule has 0 bridgehead atoms. The van der Waals surface area contributed by atoms with E-state index in [2.05, 4.69) is 263 Å². The molecule has 12 aromatic rings. The number of rotatable bonds is 8. The van der Waals surface area contributed by atoms with Crippen LogP contribution in [0.3, 0.4) is 0 Å². The topological polar surface area (TPSA) is 13.1 Å². The number of hydrogen-bond donors (Lipinski definition) is 0. The van der Waals surface area contributed by atoms with Crippen molar-refractivity contribution in [3.8, 4) is 44.8 Å². The number of fused-ring (bicyclic) bond motifs is 6. The Kier molecular flexibility index (Phi) is 8.83. The van der Waals surface area contributed by atoms with Crippen molar-refractivity contribution in [3.63, 3.8) is 0 Å². The molecule has 10 aromatic carbocycles. The molecule has 0 aliphatic rings. The third-order valence-electron chi connectivity index (χ3n) is 12.5. The van der Waals surface area contributed by atoms with Crippen molar-refractivity contribution in [2.45, 2.75) is 0 Å². The standard InChI is InChI=1S/C60H41N3/c1-4-15-42(16-5-1)45-17-14-22-52(39-45)63-58-26-13-11-24-54(58)56-41-47(32-38-60(56)63)46-31-37-59-55(40-46)53-23-10-12-25-57(53)62(59)51-35-29-44(30-36-51)43-27-33-50(34-28-43)61(48-18-6-2-7-19-48)49-20-8-3-9-21-49/h1-41H. The number of aromatic nitrogens is 2. The summed E-state index contributed by atoms with van der Waals surface area (Å²) in [5, 5.41) is 4.98. The zero-order valence-electron chi connectivity index (χ0n) is 34.5. The summed E-state index contributed by atoms with van der Waals surface area (Å²) in [5.74, 6) is 0. The number of hydrogen-bond acceptors (Lipinski definition) is 1. The predicted octanol–water partition coefficient (Wildman–Crippen LogP) is 16.4. The van der Waals surface area contributed by atoms with Crippen LogP contribution in [0.5, 0.6) is 0 Å². The molecule has 3 nitrogen and oxygen atoms in total. The number of benzene rings is 10. The largest absolute Gasteiger partial charge is 0.311 e. The first kappa shape index (κ1) is 36.5. The van der Waals surface area contributed by atoms with E-state index in [1.54, 1.807) is 0 Å². The van der Waals surface area contributed by atoms with E-state index in [9.17, 15) is 0 Å². The van der Waals surface area contributed by atoms with E-state index >= 15 is 0 Å². The van der Waals surface area contributed by atoms with E-state index in [1.807, 2.05) is 0 Å². The van der Waals surface area contributed by atoms with Crippen molar-refractivity contribution in [1.82, 2.24) is 9.13 Å². The molecule has 0 unspecified atom stereocenters. The third-order valence-corrected chi connectivity index (χ3v) is 12.5. The maximum absolute atomic E-state index is 2.41. The van der Waals surface area contributed by atoms with E-state index in [0.717, 1.165) is 28.4 Å². The summed E-state index contributed by atoms with van der Waals surface area (Å²) in [6.07, 6.45) is 0. The first-order valence-electron chi connectivity index (χ1n) is 21.6. The first-order chi connectivity index (χ1) is 31.2. The highest BCUT2D eigenvalue weighted by molar-refractivity contribution is 6.12. The zero-order chi connectivity index (χ0) is 41.7. The number of nitrogens with zero attached hydrogens (tertiary/aromatic N) is 3. The highest BCUT2D eigenvalue weighted by atomic mass is 15.1. The summed E-state index contributed by atoms with van der Waals surface area (Å²) in [6.45, 7) is 0. The summed E-state index contributed by atoms with van der Waals surface area (Å²) in [4.78, 5) is 2.30. The number of para-hydroxylation sites is 4. The Bertz CT molecular complexity index is 3540. The lowest BCUT2D eigenvalue weighted by Crippen LogP contribution is -2.09. The summed E-state index contributed by atoms with van der Waals surface area (Å²) in [5.41, 5.74) is 17.6. The fourth-order valence-corrected chi connectivity index (χ4v) is 9.52. The second-order valence-corrected chi connectivity index (χ2v) is 16.2. The van der Waals surface area contributed by atoms with Crippen molar-refractivity contribution in [3.05, 3.63) is 249 Å². The van der Waals surface area contributed by atoms with Gasteiger partial charge in [-0.25, -0.2) is 0 Å². The average Bonchev–Trinajstić information content (AvgIpc) is 3.88. The van der Waals surface area contributed by atoms with Gasteiger partial charge in [0.25, 0.3) is 0 Å². The molecule has 0 N–H and O–H groups in total. The van der Waals surface area contributed by atoms with Gasteiger partial charge in [0.1, 0.15) is 0 Å². The van der Waals surface area contributed by atoms with Gasteiger partial charge in [-0.05, 0) is 130 Å². The van der Waals surface area contributed by atoms with Crippen molar-refractivity contribution in [2.75, 3.05) is 4.90 Å². The molecule has 0 atom stereocenters. The molecule has 2 heterocycles. The Hall–Kier alpha value is -8.40. The van der Waals surface area contributed by atoms with Crippen LogP contribution in [-0.4, -0.2) is 9.13 Å². The maximum Gasteiger partial charge on any atom is 0.0541 e. The lowest BCUT2D eigenvalue weighted by molar-refractivity contribution is 1.18. The van der Waals surface area contributed by atoms with Crippen molar-refractivity contribution in [1.29, 1.82) is 0 Å². The molecule has 296 valence electrons. The van der Waals surface area contributed by atoms with Crippen LogP contribution < -0.4 is 4.90 Å². The van der Waals surface area contributed by atoms with Gasteiger partial charge in [-0.2, -0.15) is 0 Å². The smallest absolute Gasteiger partial charge is 0.0541 e. The van der Waals surface area contributed by atoms with Gasteiger partial charge in [0, 0.05) is 50.0 Å². The summed E-state index contributed by atoms with van der Waals surface area (Å²) < 4.78 is 4.81. The monoisotopic (exact) mass is 803 g/mol. The minimum Gasteiger partial charge on any atom is -0.311 e. The van der Waals surface area contributed by atoms with E-state index in [4.69, 9.17) is 0 Å². The van der Waals surface area contributed by atoms with Crippen LogP contribution in [0.4, 0.5) is 17.1 Å². The Labute approximate surface area is 366 Å². The minimum absolute atomic E-state index is 1.12. The Morgan fingerprint density at radius 1 is 0.222 bits per heavy atom. The summed E-state index contributed by atoms with van der Waals surface area (Å²) >= 11 is 0. The van der Waals surface area contributed by atoms with Crippen molar-refractivity contribution >= 4 is 60.7 Å². The van der Waals surface area contributed by atoms with Gasteiger partial charge in [-0.1, -0.05) is 152 Å². The quantitative estimate of drug-likeness (QED) is 0.149. The second kappa shape index (κ2) is 15.3. The Balaban J connectivity index is 0.892. The average molecular weight is 804 g/mol. The van der Waals surface area contributed by atoms with Crippen LogP contribution in [0, 0.1) is 0 Å². The van der Waals surface area contributed by atoms with E-state index < -0.39 is 0 Å². The maximum atomic E-state index is 2.41. The molecule has 0 radical (unpaired) electrons. The van der Waals surface area contributed by atoms with Gasteiger partial charge < -0.3 is 14.0 Å². The van der Waals surface area contributed by atoms with Gasteiger partial charge in [-0.15, -0.1) is 0 Å². The molecule has 12 rings (SSSR count). The molecule has 2 aromatic heterocycles. The molecule has 0 aliphatic carbocycles. The van der Waals surface area contributed by atoms with Gasteiger partial charge in [0.2, 0.25) is 0 Å². The summed E-state index contributed by atoms with van der Waals surface area (Å²) in [7, 11) is 0. The van der Waals surface area contributed by atoms with Crippen LogP contribution in [0.15, 0.2) is 249 Å². The fraction of sp³-hybridized carbons (Fsp3) is 0. The van der Waals surface area contributed by atoms with Gasteiger partial charge in [0.05, 0.1) is 22.1 Å². The van der Waals surface area contributed by atoms with Crippen molar-refractivity contribution < 1.29 is 0 Å². The molecule has 63 heavy (non-hydrogen) atoms. The van der Waals surface area contributed by atoms with Crippen LogP contribution >= 0.6 is 0 Å². The summed E-state index contributed by atoms with van der Waals surface area (Å²) in [6, 6.07) is 89.9. The minimum atomic E-state index is 1.12. The fourth-order valence-electron chi connectivity index (χ4n) is 9.52. The van der Waals surface area contributed by atoms with Crippen LogP contribution in [0.2, 0.25) is 0 Å². The lowest BCUT2D eigenvalue weighted by atomic mass is 10.0. The second-order valence-electron chi connectivity index (χ2n) is 16.2. The number of anilines is 3. The Morgan fingerprint density at radius 3 is 1.16 bits per heavy atom. The first-order valence-corrected chi connectivity index (χ1v) is 21.6. The van der Waals surface area contributed by atoms with Crippen molar-refractivity contribution in [2.24, 2.45) is 0 Å². The van der Waals surface area contributed by atoms with Crippen LogP contribution in [-0.2, 0) is 0 Å². The lowest BCUT2D eigenvalue weighted by Gasteiger charge is -2.25. The van der Waals surface area contributed by atoms with E-state index in [0.29, 0.717) is 0 Å². The van der Waals surface area contributed by atoms with Gasteiger partial charge >= 0.3 is 0 Å². The predicted molar refractivity (Wildman–Crippen MR) is 266 cm³/mol. The third kappa shape index (κ3) is 6.38. The van der Waals surface area contributed by atoms with E-state index in [-0.39, 0.29) is 0 Å². The molecule has 0 aliphatic heterocycles. The van der Waals surface area contributed by atoms with Crippen LogP contribution in [0.25, 0.3) is 88.4 Å². The Morgan fingerprint density at radius 2 is 0.603 bits per heavy atom. The van der Waals surface area contributed by atoms with E-state index in [1.165, 1.54) is 77.0 Å². The van der Waals surface area contributed by atoms with Gasteiger partial charge in [-0.3, -0.25) is 0 Å². The molecular formula is C60H41N3. The SMILES string of the molecule is c1ccc(-c2cccc(-n3c4ccccc4c4cc(-c5ccc6c(c5)c5ccccc5n6-c5ccc(-c6ccc(N(c7ccccc7)c7ccccc7)cc6)cc5)ccc43)c2)cc1. The highest BCUT2D eigenvalue weighted by Gasteiger charge is 2.17. The molecule has 0 saturated carbocycles. The zero-order valence-corrected chi connectivity index (χ0v) is 34.5. The molecule has 0 spiro atoms.